The van der Waals surface area contributed by atoms with Crippen molar-refractivity contribution < 1.29 is 37.4 Å². The monoisotopic (exact) mass is 722 g/mol. The van der Waals surface area contributed by atoms with Crippen LogP contribution in [0.2, 0.25) is 0 Å². The van der Waals surface area contributed by atoms with Crippen LogP contribution in [0.25, 0.3) is 17.1 Å². The highest BCUT2D eigenvalue weighted by atomic mass is 32.2. The zero-order valence-electron chi connectivity index (χ0n) is 28.4. The average Bonchev–Trinajstić information content (AvgIpc) is 3.70. The van der Waals surface area contributed by atoms with E-state index in [4.69, 9.17) is 0 Å². The van der Waals surface area contributed by atoms with Gasteiger partial charge in [-0.25, -0.2) is 14.5 Å². The molecule has 3 amide bonds. The van der Waals surface area contributed by atoms with E-state index in [-0.39, 0.29) is 41.5 Å². The molecule has 1 atom stereocenters. The van der Waals surface area contributed by atoms with Crippen LogP contribution in [0.15, 0.2) is 78.0 Å². The summed E-state index contributed by atoms with van der Waals surface area (Å²) in [6, 6.07) is 17.8. The van der Waals surface area contributed by atoms with Crippen LogP contribution in [0, 0.1) is 6.92 Å². The van der Waals surface area contributed by atoms with Crippen LogP contribution in [0.4, 0.5) is 23.7 Å². The van der Waals surface area contributed by atoms with Crippen molar-refractivity contribution in [2.75, 3.05) is 17.2 Å². The summed E-state index contributed by atoms with van der Waals surface area (Å²) in [5.41, 5.74) is 4.71. The number of ether oxygens (including phenoxy) is 1. The Bertz CT molecular complexity index is 1910. The molecule has 5 rings (SSSR count). The minimum absolute atomic E-state index is 0.132. The fourth-order valence-corrected chi connectivity index (χ4v) is 6.64. The Labute approximate surface area is 297 Å². The molecule has 0 spiro atoms. The third-order valence-corrected chi connectivity index (χ3v) is 9.20. The van der Waals surface area contributed by atoms with Crippen LogP contribution in [0.1, 0.15) is 56.2 Å². The van der Waals surface area contributed by atoms with E-state index in [9.17, 15) is 32.7 Å². The van der Waals surface area contributed by atoms with Crippen LogP contribution < -0.4 is 9.64 Å². The Hall–Kier alpha value is -5.18. The molecule has 1 N–H and O–H groups in total. The summed E-state index contributed by atoms with van der Waals surface area (Å²) in [7, 11) is 0. The number of amides is 3. The van der Waals surface area contributed by atoms with E-state index in [1.165, 1.54) is 56.8 Å². The zero-order valence-corrected chi connectivity index (χ0v) is 29.2. The number of carbonyl (C=O) groups excluding carboxylic acids is 2. The normalized spacial score (nSPS) is 14.7. The van der Waals surface area contributed by atoms with Crippen molar-refractivity contribution in [2.45, 2.75) is 65.3 Å². The van der Waals surface area contributed by atoms with Crippen molar-refractivity contribution in [1.29, 1.82) is 0 Å². The smallest absolute Gasteiger partial charge is 0.465 e. The maximum Gasteiger partial charge on any atom is 0.573 e. The summed E-state index contributed by atoms with van der Waals surface area (Å²) in [5.74, 6) is -0.354. The van der Waals surface area contributed by atoms with Crippen molar-refractivity contribution in [2.24, 2.45) is 4.99 Å². The number of amidine groups is 1. The molecule has 1 saturated heterocycles. The molecule has 1 aliphatic rings. The molecule has 0 saturated carbocycles. The Morgan fingerprint density at radius 1 is 1.08 bits per heavy atom. The molecule has 3 aromatic carbocycles. The first kappa shape index (κ1) is 37.1. The molecule has 1 fully saturated rings. The van der Waals surface area contributed by atoms with Crippen molar-refractivity contribution in [3.63, 3.8) is 0 Å². The number of carboxylic acid groups (broad SMARTS) is 1. The lowest BCUT2D eigenvalue weighted by molar-refractivity contribution is -0.274. The van der Waals surface area contributed by atoms with Crippen LogP contribution in [-0.2, 0) is 16.0 Å². The molecule has 2 heterocycles. The molecular weight excluding hydrogens is 685 g/mol. The lowest BCUT2D eigenvalue weighted by atomic mass is 9.99. The quantitative estimate of drug-likeness (QED) is 0.158. The summed E-state index contributed by atoms with van der Waals surface area (Å²) in [6.07, 6.45) is -3.82. The molecule has 1 aromatic heterocycles. The van der Waals surface area contributed by atoms with Crippen LogP contribution in [0.5, 0.6) is 5.75 Å². The molecule has 11 nitrogen and oxygen atoms in total. The van der Waals surface area contributed by atoms with Crippen LogP contribution in [0.3, 0.4) is 0 Å². The van der Waals surface area contributed by atoms with Crippen LogP contribution in [-0.4, -0.2) is 72.5 Å². The summed E-state index contributed by atoms with van der Waals surface area (Å²) in [6.45, 7) is 7.88. The number of hydrogen-bond donors (Lipinski definition) is 1. The second kappa shape index (κ2) is 15.8. The average molecular weight is 723 g/mol. The third-order valence-electron chi connectivity index (χ3n) is 8.28. The molecule has 15 heteroatoms. The molecule has 4 aromatic rings. The van der Waals surface area contributed by atoms with E-state index in [0.717, 1.165) is 16.7 Å². The summed E-state index contributed by atoms with van der Waals surface area (Å²) >= 11 is 1.19. The zero-order chi connectivity index (χ0) is 36.9. The van der Waals surface area contributed by atoms with Crippen molar-refractivity contribution in [3.8, 4) is 22.8 Å². The lowest BCUT2D eigenvalue weighted by Crippen LogP contribution is -2.41. The number of anilines is 1. The van der Waals surface area contributed by atoms with Gasteiger partial charge in [-0.3, -0.25) is 14.5 Å². The first-order chi connectivity index (χ1) is 24.2. The van der Waals surface area contributed by atoms with Gasteiger partial charge in [-0.2, -0.15) is 4.99 Å². The standard InChI is InChI=1S/C36H37F3N6O5S/c1-5-43(35(48)49)27(19-31(46)41-34-45(32(47)20-51-34)30-18-23(4)6-17-29(30)22(2)3)12-9-24-7-10-25(11-8-24)33-40-21-44(42-33)26-13-15-28(16-14-26)50-36(37,38)39/h6-8,10-11,13-18,21-22,27H,5,9,12,19-20H2,1-4H3,(H,48,49). The highest BCUT2D eigenvalue weighted by Crippen LogP contribution is 2.34. The number of aryl methyl sites for hydroxylation is 2. The molecule has 51 heavy (non-hydrogen) atoms. The van der Waals surface area contributed by atoms with Gasteiger partial charge in [0.15, 0.2) is 11.0 Å². The molecule has 268 valence electrons. The second-order valence-electron chi connectivity index (χ2n) is 12.2. The van der Waals surface area contributed by atoms with E-state index in [1.54, 1.807) is 6.92 Å². The number of carbonyl (C=O) groups is 3. The first-order valence-electron chi connectivity index (χ1n) is 16.3. The molecule has 0 bridgehead atoms. The summed E-state index contributed by atoms with van der Waals surface area (Å²) < 4.78 is 42.8. The number of benzene rings is 3. The maximum absolute atomic E-state index is 13.4. The van der Waals surface area contributed by atoms with Gasteiger partial charge in [0.05, 0.1) is 17.1 Å². The van der Waals surface area contributed by atoms with Gasteiger partial charge < -0.3 is 14.7 Å². The van der Waals surface area contributed by atoms with Gasteiger partial charge in [0.1, 0.15) is 12.1 Å². The number of nitrogens with zero attached hydrogens (tertiary/aromatic N) is 6. The van der Waals surface area contributed by atoms with E-state index in [1.807, 2.05) is 63.2 Å². The number of alkyl halides is 3. The molecule has 0 radical (unpaired) electrons. The van der Waals surface area contributed by atoms with Gasteiger partial charge in [-0.15, -0.1) is 18.3 Å². The maximum atomic E-state index is 13.4. The molecule has 1 aliphatic heterocycles. The minimum atomic E-state index is -4.78. The Morgan fingerprint density at radius 2 is 1.78 bits per heavy atom. The predicted octanol–water partition coefficient (Wildman–Crippen LogP) is 7.62. The summed E-state index contributed by atoms with van der Waals surface area (Å²) in [4.78, 5) is 49.9. The number of rotatable bonds is 12. The van der Waals surface area contributed by atoms with Gasteiger partial charge >= 0.3 is 12.5 Å². The van der Waals surface area contributed by atoms with Gasteiger partial charge in [0.25, 0.3) is 0 Å². The number of aliphatic imine (C=N–C) groups is 1. The van der Waals surface area contributed by atoms with Crippen LogP contribution >= 0.6 is 11.8 Å². The number of thioether (sulfide) groups is 1. The van der Waals surface area contributed by atoms with Gasteiger partial charge in [0.2, 0.25) is 11.8 Å². The number of hydrogen-bond acceptors (Lipinski definition) is 7. The minimum Gasteiger partial charge on any atom is -0.465 e. The van der Waals surface area contributed by atoms with E-state index >= 15 is 0 Å². The van der Waals surface area contributed by atoms with Gasteiger partial charge in [-0.1, -0.05) is 62.0 Å². The van der Waals surface area contributed by atoms with E-state index in [0.29, 0.717) is 35.6 Å². The SMILES string of the molecule is CCN(C(=O)O)C(CCc1ccc(-c2ncn(-c3ccc(OC(F)(F)F)cc3)n2)cc1)CC(=O)N=C1SCC(=O)N1c1cc(C)ccc1C(C)C. The molecule has 1 unspecified atom stereocenters. The third kappa shape index (κ3) is 9.34. The highest BCUT2D eigenvalue weighted by Gasteiger charge is 2.34. The first-order valence-corrected chi connectivity index (χ1v) is 17.3. The topological polar surface area (TPSA) is 130 Å². The molecular formula is C36H37F3N6O5S. The number of aromatic nitrogens is 3. The Morgan fingerprint density at radius 3 is 2.41 bits per heavy atom. The van der Waals surface area contributed by atoms with Gasteiger partial charge in [0, 0.05) is 24.6 Å². The second-order valence-corrected chi connectivity index (χ2v) is 13.2. The highest BCUT2D eigenvalue weighted by molar-refractivity contribution is 8.15. The number of halogens is 3. The Kier molecular flexibility index (Phi) is 11.5. The van der Waals surface area contributed by atoms with Gasteiger partial charge in [-0.05, 0) is 79.6 Å². The van der Waals surface area contributed by atoms with Crippen molar-refractivity contribution in [3.05, 3.63) is 89.7 Å². The summed E-state index contributed by atoms with van der Waals surface area (Å²) in [5, 5.41) is 14.6. The largest absolute Gasteiger partial charge is 0.573 e. The van der Waals surface area contributed by atoms with E-state index in [2.05, 4.69) is 19.8 Å². The fraction of sp³-hybridized carbons (Fsp3) is 0.333. The van der Waals surface area contributed by atoms with Crippen molar-refractivity contribution >= 4 is 40.5 Å². The lowest BCUT2D eigenvalue weighted by Gasteiger charge is -2.27. The molecule has 0 aliphatic carbocycles. The Balaban J connectivity index is 1.27. The fourth-order valence-electron chi connectivity index (χ4n) is 5.76. The predicted molar refractivity (Wildman–Crippen MR) is 188 cm³/mol. The van der Waals surface area contributed by atoms with Crippen molar-refractivity contribution in [1.82, 2.24) is 19.7 Å². The van der Waals surface area contributed by atoms with E-state index < -0.39 is 24.4 Å².